The van der Waals surface area contributed by atoms with Crippen molar-refractivity contribution >= 4 is 34.9 Å². The third kappa shape index (κ3) is 4.16. The Bertz CT molecular complexity index is 1190. The summed E-state index contributed by atoms with van der Waals surface area (Å²) in [5, 5.41) is 2.50. The van der Waals surface area contributed by atoms with Gasteiger partial charge in [-0.15, -0.1) is 0 Å². The lowest BCUT2D eigenvalue weighted by Gasteiger charge is -2.28. The minimum Gasteiger partial charge on any atom is -0.454 e. The highest BCUT2D eigenvalue weighted by atomic mass is 32.2. The van der Waals surface area contributed by atoms with Gasteiger partial charge in [0.25, 0.3) is 11.1 Å². The van der Waals surface area contributed by atoms with E-state index in [0.717, 1.165) is 35.1 Å². The second-order valence-corrected chi connectivity index (χ2v) is 9.49. The first kappa shape index (κ1) is 22.5. The SMILES string of the molecule is O=C1S/C(=C\c2ccc3c(c2)OCO3)C(=O)N1CCNC(=O)C1(c2cccc(F)c2)CCCC1. The number of carbonyl (C=O) groups is 3. The summed E-state index contributed by atoms with van der Waals surface area (Å²) in [6.07, 6.45) is 4.70. The van der Waals surface area contributed by atoms with Crippen LogP contribution in [0.25, 0.3) is 6.08 Å². The lowest BCUT2D eigenvalue weighted by atomic mass is 9.78. The molecule has 0 spiro atoms. The molecule has 2 fully saturated rings. The first-order valence-electron chi connectivity index (χ1n) is 11.2. The molecule has 2 aromatic rings. The van der Waals surface area contributed by atoms with Crippen LogP contribution in [-0.4, -0.2) is 41.8 Å². The molecule has 3 amide bonds. The van der Waals surface area contributed by atoms with Crippen molar-refractivity contribution in [1.82, 2.24) is 10.2 Å². The fraction of sp³-hybridized carbons (Fsp3) is 0.320. The maximum absolute atomic E-state index is 13.8. The van der Waals surface area contributed by atoms with Gasteiger partial charge in [0.2, 0.25) is 12.7 Å². The quantitative estimate of drug-likeness (QED) is 0.621. The van der Waals surface area contributed by atoms with Gasteiger partial charge in [0, 0.05) is 13.1 Å². The number of amides is 3. The minimum atomic E-state index is -0.777. The third-order valence-electron chi connectivity index (χ3n) is 6.46. The van der Waals surface area contributed by atoms with Crippen LogP contribution in [0.2, 0.25) is 0 Å². The standard InChI is InChI=1S/C25H23FN2O5S/c26-18-5-3-4-17(14-18)25(8-1-2-9-25)23(30)27-10-11-28-22(29)21(34-24(28)31)13-16-6-7-19-20(12-16)33-15-32-19/h3-7,12-14H,1-2,8-11,15H2,(H,27,30)/b21-13-. The number of imide groups is 1. The predicted molar refractivity (Wildman–Crippen MR) is 125 cm³/mol. The summed E-state index contributed by atoms with van der Waals surface area (Å²) in [6, 6.07) is 11.5. The number of fused-ring (bicyclic) bond motifs is 1. The number of halogens is 1. The molecule has 1 saturated heterocycles. The molecule has 7 nitrogen and oxygen atoms in total. The lowest BCUT2D eigenvalue weighted by molar-refractivity contribution is -0.127. The Hall–Kier alpha value is -3.33. The van der Waals surface area contributed by atoms with Crippen LogP contribution in [0.1, 0.15) is 36.8 Å². The Labute approximate surface area is 200 Å². The number of benzene rings is 2. The first-order valence-corrected chi connectivity index (χ1v) is 12.0. The monoisotopic (exact) mass is 482 g/mol. The van der Waals surface area contributed by atoms with E-state index in [1.807, 2.05) is 0 Å². The fourth-order valence-electron chi connectivity index (χ4n) is 4.71. The van der Waals surface area contributed by atoms with Gasteiger partial charge in [0.05, 0.1) is 10.3 Å². The molecule has 0 aromatic heterocycles. The topological polar surface area (TPSA) is 84.9 Å². The first-order chi connectivity index (χ1) is 16.5. The van der Waals surface area contributed by atoms with Crippen molar-refractivity contribution in [2.75, 3.05) is 19.9 Å². The molecular weight excluding hydrogens is 459 g/mol. The fourth-order valence-corrected chi connectivity index (χ4v) is 5.57. The van der Waals surface area contributed by atoms with Crippen molar-refractivity contribution in [1.29, 1.82) is 0 Å². The number of nitrogens with zero attached hydrogens (tertiary/aromatic N) is 1. The van der Waals surface area contributed by atoms with E-state index in [1.165, 1.54) is 12.1 Å². The number of thioether (sulfide) groups is 1. The van der Waals surface area contributed by atoms with Crippen molar-refractivity contribution < 1.29 is 28.2 Å². The smallest absolute Gasteiger partial charge is 0.293 e. The molecule has 2 aromatic carbocycles. The van der Waals surface area contributed by atoms with Crippen molar-refractivity contribution in [3.63, 3.8) is 0 Å². The highest BCUT2D eigenvalue weighted by molar-refractivity contribution is 8.18. The molecule has 1 N–H and O–H groups in total. The van der Waals surface area contributed by atoms with Crippen LogP contribution in [0.4, 0.5) is 9.18 Å². The summed E-state index contributed by atoms with van der Waals surface area (Å²) >= 11 is 0.864. The van der Waals surface area contributed by atoms with E-state index in [4.69, 9.17) is 9.47 Å². The van der Waals surface area contributed by atoms with Crippen LogP contribution in [0, 0.1) is 5.82 Å². The van der Waals surface area contributed by atoms with Gasteiger partial charge < -0.3 is 14.8 Å². The van der Waals surface area contributed by atoms with Gasteiger partial charge in [0.1, 0.15) is 5.82 Å². The third-order valence-corrected chi connectivity index (χ3v) is 7.37. The van der Waals surface area contributed by atoms with Crippen molar-refractivity contribution in [3.8, 4) is 11.5 Å². The Kier molecular flexibility index (Phi) is 6.03. The molecule has 0 atom stereocenters. The van der Waals surface area contributed by atoms with E-state index in [9.17, 15) is 18.8 Å². The van der Waals surface area contributed by atoms with Crippen molar-refractivity contribution in [2.45, 2.75) is 31.1 Å². The average Bonchev–Trinajstić information content (AvgIpc) is 3.55. The van der Waals surface area contributed by atoms with Crippen LogP contribution in [-0.2, 0) is 15.0 Å². The molecule has 176 valence electrons. The molecule has 2 aliphatic heterocycles. The largest absolute Gasteiger partial charge is 0.454 e. The molecule has 0 radical (unpaired) electrons. The second kappa shape index (κ2) is 9.13. The van der Waals surface area contributed by atoms with Crippen LogP contribution in [0.5, 0.6) is 11.5 Å². The van der Waals surface area contributed by atoms with Gasteiger partial charge in [0.15, 0.2) is 11.5 Å². The van der Waals surface area contributed by atoms with Gasteiger partial charge in [-0.05, 0) is 66.1 Å². The molecule has 1 saturated carbocycles. The van der Waals surface area contributed by atoms with E-state index >= 15 is 0 Å². The van der Waals surface area contributed by atoms with Gasteiger partial charge in [-0.3, -0.25) is 19.3 Å². The van der Waals surface area contributed by atoms with E-state index in [2.05, 4.69) is 5.32 Å². The van der Waals surface area contributed by atoms with Gasteiger partial charge in [-0.1, -0.05) is 31.0 Å². The summed E-state index contributed by atoms with van der Waals surface area (Å²) < 4.78 is 24.5. The molecule has 0 unspecified atom stereocenters. The van der Waals surface area contributed by atoms with E-state index in [-0.39, 0.29) is 36.8 Å². The van der Waals surface area contributed by atoms with Crippen LogP contribution >= 0.6 is 11.8 Å². The maximum atomic E-state index is 13.8. The number of ether oxygens (including phenoxy) is 2. The zero-order chi connectivity index (χ0) is 23.7. The van der Waals surface area contributed by atoms with Crippen molar-refractivity contribution in [2.24, 2.45) is 0 Å². The van der Waals surface area contributed by atoms with Gasteiger partial charge in [-0.25, -0.2) is 4.39 Å². The number of hydrogen-bond donors (Lipinski definition) is 1. The summed E-state index contributed by atoms with van der Waals surface area (Å²) in [7, 11) is 0. The zero-order valence-electron chi connectivity index (χ0n) is 18.3. The van der Waals surface area contributed by atoms with Crippen molar-refractivity contribution in [3.05, 3.63) is 64.3 Å². The molecule has 34 heavy (non-hydrogen) atoms. The molecule has 0 bridgehead atoms. The highest BCUT2D eigenvalue weighted by Gasteiger charge is 2.43. The minimum absolute atomic E-state index is 0.0636. The van der Waals surface area contributed by atoms with Crippen LogP contribution in [0.3, 0.4) is 0 Å². The zero-order valence-corrected chi connectivity index (χ0v) is 19.2. The Morgan fingerprint density at radius 1 is 1.12 bits per heavy atom. The van der Waals surface area contributed by atoms with Crippen LogP contribution < -0.4 is 14.8 Å². The van der Waals surface area contributed by atoms with Gasteiger partial charge >= 0.3 is 0 Å². The Balaban J connectivity index is 1.23. The molecule has 3 aliphatic rings. The number of nitrogens with one attached hydrogen (secondary N) is 1. The normalized spacial score (nSPS) is 19.8. The Morgan fingerprint density at radius 3 is 2.71 bits per heavy atom. The van der Waals surface area contributed by atoms with E-state index in [1.54, 1.807) is 36.4 Å². The summed E-state index contributed by atoms with van der Waals surface area (Å²) in [5.41, 5.74) is 0.613. The summed E-state index contributed by atoms with van der Waals surface area (Å²) in [5.74, 6) is 0.263. The maximum Gasteiger partial charge on any atom is 0.293 e. The van der Waals surface area contributed by atoms with E-state index < -0.39 is 11.3 Å². The Morgan fingerprint density at radius 2 is 1.91 bits per heavy atom. The average molecular weight is 483 g/mol. The van der Waals surface area contributed by atoms with Crippen LogP contribution in [0.15, 0.2) is 47.4 Å². The number of hydrogen-bond acceptors (Lipinski definition) is 6. The molecule has 9 heteroatoms. The highest BCUT2D eigenvalue weighted by Crippen LogP contribution is 2.41. The van der Waals surface area contributed by atoms with Gasteiger partial charge in [-0.2, -0.15) is 0 Å². The number of rotatable bonds is 6. The predicted octanol–water partition coefficient (Wildman–Crippen LogP) is 4.22. The molecule has 1 aliphatic carbocycles. The summed E-state index contributed by atoms with van der Waals surface area (Å²) in [4.78, 5) is 39.9. The lowest BCUT2D eigenvalue weighted by Crippen LogP contribution is -2.45. The molecular formula is C25H23FN2O5S. The second-order valence-electron chi connectivity index (χ2n) is 8.50. The number of carbonyl (C=O) groups excluding carboxylic acids is 3. The summed E-state index contributed by atoms with van der Waals surface area (Å²) in [6.45, 7) is 0.348. The molecule has 2 heterocycles. The molecule has 5 rings (SSSR count). The van der Waals surface area contributed by atoms with E-state index in [0.29, 0.717) is 34.8 Å².